The van der Waals surface area contributed by atoms with Gasteiger partial charge in [-0.15, -0.1) is 0 Å². The lowest BCUT2D eigenvalue weighted by Crippen LogP contribution is -2.09. The molecule has 0 aliphatic carbocycles. The zero-order valence-corrected chi connectivity index (χ0v) is 12.8. The molecule has 0 saturated heterocycles. The molecule has 1 N–H and O–H groups in total. The zero-order valence-electron chi connectivity index (χ0n) is 12.8. The number of benzene rings is 1. The Morgan fingerprint density at radius 3 is 2.00 bits per heavy atom. The summed E-state index contributed by atoms with van der Waals surface area (Å²) in [5.41, 5.74) is 2.32. The van der Waals surface area contributed by atoms with Crippen LogP contribution in [0.3, 0.4) is 0 Å². The number of allylic oxidation sites excluding steroid dienone is 1. The maximum absolute atomic E-state index is 4.97. The highest BCUT2D eigenvalue weighted by molar-refractivity contribution is 5.25. The molecule has 0 fully saturated rings. The lowest BCUT2D eigenvalue weighted by atomic mass is 10.2. The van der Waals surface area contributed by atoms with Crippen LogP contribution in [0.25, 0.3) is 0 Å². The lowest BCUT2D eigenvalue weighted by Gasteiger charge is -1.98. The van der Waals surface area contributed by atoms with Crippen LogP contribution in [-0.4, -0.2) is 13.7 Å². The molecule has 0 saturated carbocycles. The molecule has 18 heavy (non-hydrogen) atoms. The number of ether oxygens (including phenoxy) is 1. The first-order chi connectivity index (χ1) is 8.60. The minimum Gasteiger partial charge on any atom is -0.497 e. The van der Waals surface area contributed by atoms with Gasteiger partial charge in [0, 0.05) is 12.2 Å². The van der Waals surface area contributed by atoms with E-state index in [-0.39, 0.29) is 0 Å². The van der Waals surface area contributed by atoms with E-state index in [1.165, 1.54) is 12.0 Å². The van der Waals surface area contributed by atoms with Crippen LogP contribution in [0.1, 0.15) is 39.7 Å². The largest absolute Gasteiger partial charge is 0.497 e. The van der Waals surface area contributed by atoms with Gasteiger partial charge in [0.2, 0.25) is 0 Å². The van der Waals surface area contributed by atoms with E-state index in [0.717, 1.165) is 18.0 Å². The fourth-order valence-corrected chi connectivity index (χ4v) is 1.01. The molecule has 0 radical (unpaired) electrons. The lowest BCUT2D eigenvalue weighted by molar-refractivity contribution is 0.414. The van der Waals surface area contributed by atoms with Crippen molar-refractivity contribution >= 4 is 0 Å². The molecule has 0 aliphatic rings. The van der Waals surface area contributed by atoms with Crippen LogP contribution in [-0.2, 0) is 0 Å². The van der Waals surface area contributed by atoms with Crippen LogP contribution in [0.2, 0.25) is 0 Å². The summed E-state index contributed by atoms with van der Waals surface area (Å²) in [6.45, 7) is 14.9. The van der Waals surface area contributed by atoms with E-state index in [1.54, 1.807) is 7.11 Å². The van der Waals surface area contributed by atoms with Gasteiger partial charge < -0.3 is 10.1 Å². The molecular weight excluding hydrogens is 222 g/mol. The second-order valence-corrected chi connectivity index (χ2v) is 3.72. The summed E-state index contributed by atoms with van der Waals surface area (Å²) in [6, 6.07) is 7.96. The predicted octanol–water partition coefficient (Wildman–Crippen LogP) is 4.55. The van der Waals surface area contributed by atoms with Crippen LogP contribution < -0.4 is 10.1 Å². The monoisotopic (exact) mass is 251 g/mol. The summed E-state index contributed by atoms with van der Waals surface area (Å²) in [5.74, 6) is 0.917. The molecule has 1 rings (SSSR count). The maximum atomic E-state index is 4.97. The fraction of sp³-hybridized carbons (Fsp3) is 0.500. The van der Waals surface area contributed by atoms with Crippen molar-refractivity contribution in [2.75, 3.05) is 13.7 Å². The minimum absolute atomic E-state index is 0.917. The Balaban J connectivity index is 0. The number of methoxy groups -OCH3 is 1. The maximum Gasteiger partial charge on any atom is 0.118 e. The number of hydrogen-bond donors (Lipinski definition) is 1. The Kier molecular flexibility index (Phi) is 14.3. The Hall–Kier alpha value is -1.44. The smallest absolute Gasteiger partial charge is 0.118 e. The van der Waals surface area contributed by atoms with Crippen LogP contribution in [0.5, 0.6) is 5.75 Å². The summed E-state index contributed by atoms with van der Waals surface area (Å²) >= 11 is 0. The van der Waals surface area contributed by atoms with E-state index < -0.39 is 0 Å². The molecule has 2 heteroatoms. The van der Waals surface area contributed by atoms with Gasteiger partial charge >= 0.3 is 0 Å². The van der Waals surface area contributed by atoms with Gasteiger partial charge in [-0.3, -0.25) is 0 Å². The topological polar surface area (TPSA) is 21.3 Å². The molecule has 2 nitrogen and oxygen atoms in total. The summed E-state index contributed by atoms with van der Waals surface area (Å²) in [4.78, 5) is 0. The van der Waals surface area contributed by atoms with Gasteiger partial charge in [-0.05, 0) is 32.4 Å². The van der Waals surface area contributed by atoms with Crippen molar-refractivity contribution < 1.29 is 4.74 Å². The van der Waals surface area contributed by atoms with E-state index in [9.17, 15) is 0 Å². The predicted molar refractivity (Wildman–Crippen MR) is 82.2 cm³/mol. The van der Waals surface area contributed by atoms with Crippen molar-refractivity contribution in [3.05, 3.63) is 42.1 Å². The van der Waals surface area contributed by atoms with Crippen LogP contribution in [0.15, 0.2) is 36.5 Å². The molecule has 0 aromatic heterocycles. The van der Waals surface area contributed by atoms with Gasteiger partial charge in [-0.25, -0.2) is 0 Å². The second-order valence-electron chi connectivity index (χ2n) is 3.72. The van der Waals surface area contributed by atoms with E-state index in [2.05, 4.69) is 25.7 Å². The van der Waals surface area contributed by atoms with Gasteiger partial charge in [0.1, 0.15) is 5.75 Å². The second kappa shape index (κ2) is 13.6. The Morgan fingerprint density at radius 1 is 1.22 bits per heavy atom. The third kappa shape index (κ3) is 12.6. The zero-order chi connectivity index (χ0) is 14.4. The third-order valence-electron chi connectivity index (χ3n) is 1.93. The highest BCUT2D eigenvalue weighted by Crippen LogP contribution is 2.09. The van der Waals surface area contributed by atoms with Crippen LogP contribution in [0.4, 0.5) is 0 Å². The minimum atomic E-state index is 0.917. The standard InChI is InChI=1S/C8H10O.C6H13N.C2H6/c1-7-3-5-8(9-2)6-4-7;1-4-5-7-6(2)3;1-2/h3-6H,1-2H3;7H,2,4-5H2,1,3H3;1-2H3. The average molecular weight is 251 g/mol. The molecule has 0 atom stereocenters. The van der Waals surface area contributed by atoms with Crippen molar-refractivity contribution in [2.45, 2.75) is 41.0 Å². The molecule has 1 aromatic rings. The number of aryl methyl sites for hydroxylation is 1. The van der Waals surface area contributed by atoms with Crippen molar-refractivity contribution in [2.24, 2.45) is 0 Å². The SMILES string of the molecule is C=C(C)NCCC.CC.COc1ccc(C)cc1. The fourth-order valence-electron chi connectivity index (χ4n) is 1.01. The molecular formula is C16H29NO. The van der Waals surface area contributed by atoms with Crippen molar-refractivity contribution in [3.8, 4) is 5.75 Å². The Morgan fingerprint density at radius 2 is 1.72 bits per heavy atom. The van der Waals surface area contributed by atoms with Crippen molar-refractivity contribution in [1.82, 2.24) is 5.32 Å². The number of hydrogen-bond acceptors (Lipinski definition) is 2. The van der Waals surface area contributed by atoms with E-state index >= 15 is 0 Å². The van der Waals surface area contributed by atoms with E-state index in [0.29, 0.717) is 0 Å². The highest BCUT2D eigenvalue weighted by atomic mass is 16.5. The van der Waals surface area contributed by atoms with Gasteiger partial charge in [0.15, 0.2) is 0 Å². The molecule has 0 heterocycles. The summed E-state index contributed by atoms with van der Waals surface area (Å²) in [5, 5.41) is 3.10. The Labute approximate surface area is 113 Å². The van der Waals surface area contributed by atoms with E-state index in [1.807, 2.05) is 45.0 Å². The van der Waals surface area contributed by atoms with Crippen LogP contribution >= 0.6 is 0 Å². The molecule has 0 bridgehead atoms. The molecule has 0 unspecified atom stereocenters. The highest BCUT2D eigenvalue weighted by Gasteiger charge is 1.85. The summed E-state index contributed by atoms with van der Waals surface area (Å²) in [6.07, 6.45) is 1.17. The Bertz CT molecular complexity index is 290. The third-order valence-corrected chi connectivity index (χ3v) is 1.93. The van der Waals surface area contributed by atoms with Crippen molar-refractivity contribution in [1.29, 1.82) is 0 Å². The first kappa shape index (κ1) is 18.9. The quantitative estimate of drug-likeness (QED) is 0.847. The van der Waals surface area contributed by atoms with Gasteiger partial charge in [0.05, 0.1) is 7.11 Å². The average Bonchev–Trinajstić information content (AvgIpc) is 2.40. The molecule has 1 aromatic carbocycles. The van der Waals surface area contributed by atoms with Gasteiger partial charge in [0.25, 0.3) is 0 Å². The summed E-state index contributed by atoms with van der Waals surface area (Å²) in [7, 11) is 1.67. The normalized spacial score (nSPS) is 8.11. The van der Waals surface area contributed by atoms with Crippen LogP contribution in [0, 0.1) is 6.92 Å². The molecule has 0 amide bonds. The number of rotatable bonds is 4. The van der Waals surface area contributed by atoms with E-state index in [4.69, 9.17) is 4.74 Å². The molecule has 0 spiro atoms. The first-order valence-electron chi connectivity index (χ1n) is 6.60. The summed E-state index contributed by atoms with van der Waals surface area (Å²) < 4.78 is 4.97. The first-order valence-corrected chi connectivity index (χ1v) is 6.60. The van der Waals surface area contributed by atoms with Gasteiger partial charge in [-0.1, -0.05) is 45.0 Å². The van der Waals surface area contributed by atoms with Crippen molar-refractivity contribution in [3.63, 3.8) is 0 Å². The molecule has 104 valence electrons. The molecule has 0 aliphatic heterocycles. The van der Waals surface area contributed by atoms with Gasteiger partial charge in [-0.2, -0.15) is 0 Å². The number of nitrogens with one attached hydrogen (secondary N) is 1.